The minimum atomic E-state index is -0.881. The van der Waals surface area contributed by atoms with Crippen LogP contribution in [0.25, 0.3) is 0 Å². The summed E-state index contributed by atoms with van der Waals surface area (Å²) in [5, 5.41) is 9.39. The summed E-state index contributed by atoms with van der Waals surface area (Å²) in [4.78, 5) is 19.3. The molecule has 0 atom stereocenters. The van der Waals surface area contributed by atoms with E-state index in [0.717, 1.165) is 33.2 Å². The van der Waals surface area contributed by atoms with E-state index in [1.165, 1.54) is 11.8 Å². The number of hydrogen-bond acceptors (Lipinski definition) is 6. The number of carboxylic acid groups (broad SMARTS) is 1. The highest BCUT2D eigenvalue weighted by Crippen LogP contribution is 2.33. The molecule has 0 aliphatic heterocycles. The summed E-state index contributed by atoms with van der Waals surface area (Å²) < 4.78 is 10.9. The highest BCUT2D eigenvalue weighted by molar-refractivity contribution is 8.01. The number of oxazole rings is 1. The quantitative estimate of drug-likeness (QED) is 0.246. The largest absolute Gasteiger partial charge is 0.480 e. The average Bonchev–Trinajstić information content (AvgIpc) is 3.45. The lowest BCUT2D eigenvalue weighted by Gasteiger charge is -2.21. The molecule has 4 aromatic rings. The molecule has 182 valence electrons. The third-order valence-corrected chi connectivity index (χ3v) is 6.87. The lowest BCUT2D eigenvalue weighted by molar-refractivity contribution is -0.138. The first-order valence-electron chi connectivity index (χ1n) is 11.5. The number of carbonyl (C=O) groups is 1. The molecule has 0 amide bonds. The number of hydrogen-bond donors (Lipinski definition) is 1. The van der Waals surface area contributed by atoms with Crippen molar-refractivity contribution < 1.29 is 18.7 Å². The molecule has 2 aromatic heterocycles. The second-order valence-electron chi connectivity index (χ2n) is 9.06. The number of rotatable bonds is 11. The Labute approximate surface area is 210 Å². The Balaban J connectivity index is 1.48. The van der Waals surface area contributed by atoms with E-state index in [2.05, 4.69) is 22.0 Å². The summed E-state index contributed by atoms with van der Waals surface area (Å²) in [7, 11) is 0. The number of benzene rings is 2. The zero-order valence-electron chi connectivity index (χ0n) is 20.2. The standard InChI is InChI=1S/C28H30N2O4S/c1-20-25(34-26(29-20)16-21-8-5-4-6-9-21)19-30(18-23-10-7-15-33-23)17-22-11-13-24(14-12-22)35-28(2,3)27(31)32/h4-15H,16-19H2,1-3H3,(H,31,32). The van der Waals surface area contributed by atoms with Crippen molar-refractivity contribution >= 4 is 17.7 Å². The molecule has 0 saturated heterocycles. The van der Waals surface area contributed by atoms with Crippen LogP contribution in [0.1, 0.15) is 48.1 Å². The molecule has 4 rings (SSSR count). The monoisotopic (exact) mass is 490 g/mol. The topological polar surface area (TPSA) is 79.7 Å². The lowest BCUT2D eigenvalue weighted by Crippen LogP contribution is -2.26. The van der Waals surface area contributed by atoms with Crippen molar-refractivity contribution in [1.29, 1.82) is 0 Å². The van der Waals surface area contributed by atoms with Gasteiger partial charge in [0.25, 0.3) is 0 Å². The number of thioether (sulfide) groups is 1. The van der Waals surface area contributed by atoms with Gasteiger partial charge >= 0.3 is 5.97 Å². The van der Waals surface area contributed by atoms with Crippen LogP contribution in [-0.2, 0) is 30.8 Å². The third-order valence-electron chi connectivity index (χ3n) is 5.68. The van der Waals surface area contributed by atoms with E-state index in [4.69, 9.17) is 8.83 Å². The molecule has 1 N–H and O–H groups in total. The first-order valence-corrected chi connectivity index (χ1v) is 12.4. The van der Waals surface area contributed by atoms with Crippen molar-refractivity contribution in [2.24, 2.45) is 0 Å². The summed E-state index contributed by atoms with van der Waals surface area (Å²) >= 11 is 1.34. The number of furan rings is 1. The Kier molecular flexibility index (Phi) is 7.78. The van der Waals surface area contributed by atoms with E-state index in [0.29, 0.717) is 31.9 Å². The van der Waals surface area contributed by atoms with Crippen LogP contribution in [0.4, 0.5) is 0 Å². The molecule has 0 fully saturated rings. The minimum absolute atomic E-state index is 0.594. The molecule has 0 unspecified atom stereocenters. The van der Waals surface area contributed by atoms with Gasteiger partial charge in [0.1, 0.15) is 16.3 Å². The number of aromatic nitrogens is 1. The molecule has 0 aliphatic rings. The SMILES string of the molecule is Cc1nc(Cc2ccccc2)oc1CN(Cc1ccc(SC(C)(C)C(=O)O)cc1)Cc1ccco1. The summed E-state index contributed by atoms with van der Waals surface area (Å²) in [5.74, 6) is 1.61. The molecule has 2 heterocycles. The van der Waals surface area contributed by atoms with Gasteiger partial charge in [0.2, 0.25) is 0 Å². The molecule has 2 aromatic carbocycles. The van der Waals surface area contributed by atoms with Crippen molar-refractivity contribution in [2.45, 2.75) is 56.5 Å². The molecule has 35 heavy (non-hydrogen) atoms. The van der Waals surface area contributed by atoms with Crippen LogP contribution in [0.5, 0.6) is 0 Å². The van der Waals surface area contributed by atoms with Crippen molar-refractivity contribution in [2.75, 3.05) is 0 Å². The molecule has 0 bridgehead atoms. The third kappa shape index (κ3) is 6.87. The first-order chi connectivity index (χ1) is 16.8. The van der Waals surface area contributed by atoms with Gasteiger partial charge in [0.05, 0.1) is 25.0 Å². The smallest absolute Gasteiger partial charge is 0.319 e. The van der Waals surface area contributed by atoms with Gasteiger partial charge < -0.3 is 13.9 Å². The van der Waals surface area contributed by atoms with E-state index in [1.54, 1.807) is 20.1 Å². The predicted molar refractivity (Wildman–Crippen MR) is 136 cm³/mol. The van der Waals surface area contributed by atoms with Crippen LogP contribution in [0, 0.1) is 6.92 Å². The molecule has 0 aliphatic carbocycles. The molecular weight excluding hydrogens is 460 g/mol. The van der Waals surface area contributed by atoms with E-state index in [-0.39, 0.29) is 0 Å². The van der Waals surface area contributed by atoms with E-state index < -0.39 is 10.7 Å². The van der Waals surface area contributed by atoms with E-state index in [1.807, 2.05) is 61.5 Å². The Morgan fingerprint density at radius 1 is 0.971 bits per heavy atom. The Bertz CT molecular complexity index is 1230. The number of carboxylic acids is 1. The Morgan fingerprint density at radius 2 is 1.71 bits per heavy atom. The fourth-order valence-electron chi connectivity index (χ4n) is 3.73. The number of aryl methyl sites for hydroxylation is 1. The average molecular weight is 491 g/mol. The van der Waals surface area contributed by atoms with Crippen LogP contribution < -0.4 is 0 Å². The fourth-order valence-corrected chi connectivity index (χ4v) is 4.68. The summed E-state index contributed by atoms with van der Waals surface area (Å²) in [5.41, 5.74) is 3.18. The molecule has 0 saturated carbocycles. The van der Waals surface area contributed by atoms with Gasteiger partial charge in [-0.25, -0.2) is 4.98 Å². The minimum Gasteiger partial charge on any atom is -0.480 e. The van der Waals surface area contributed by atoms with Gasteiger partial charge in [-0.15, -0.1) is 11.8 Å². The van der Waals surface area contributed by atoms with E-state index in [9.17, 15) is 9.90 Å². The van der Waals surface area contributed by atoms with Crippen LogP contribution >= 0.6 is 11.8 Å². The fraction of sp³-hybridized carbons (Fsp3) is 0.286. The summed E-state index contributed by atoms with van der Waals surface area (Å²) in [6.45, 7) is 7.31. The molecular formula is C28H30N2O4S. The number of nitrogens with zero attached hydrogens (tertiary/aromatic N) is 2. The van der Waals surface area contributed by atoms with Crippen LogP contribution in [0.15, 0.2) is 86.7 Å². The highest BCUT2D eigenvalue weighted by Gasteiger charge is 2.28. The molecule has 6 nitrogen and oxygen atoms in total. The van der Waals surface area contributed by atoms with E-state index >= 15 is 0 Å². The maximum absolute atomic E-state index is 11.4. The predicted octanol–water partition coefficient (Wildman–Crippen LogP) is 6.32. The van der Waals surface area contributed by atoms with Crippen molar-refractivity contribution in [3.63, 3.8) is 0 Å². The normalized spacial score (nSPS) is 11.8. The summed E-state index contributed by atoms with van der Waals surface area (Å²) in [6.07, 6.45) is 2.34. The second-order valence-corrected chi connectivity index (χ2v) is 10.8. The lowest BCUT2D eigenvalue weighted by atomic mass is 10.1. The zero-order chi connectivity index (χ0) is 24.8. The van der Waals surface area contributed by atoms with Crippen molar-refractivity contribution in [1.82, 2.24) is 9.88 Å². The molecule has 0 spiro atoms. The van der Waals surface area contributed by atoms with Gasteiger partial charge in [-0.1, -0.05) is 42.5 Å². The van der Waals surface area contributed by atoms with Gasteiger partial charge in [0, 0.05) is 17.9 Å². The van der Waals surface area contributed by atoms with Gasteiger partial charge in [-0.05, 0) is 56.2 Å². The van der Waals surface area contributed by atoms with Crippen LogP contribution in [0.2, 0.25) is 0 Å². The summed E-state index contributed by atoms with van der Waals surface area (Å²) in [6, 6.07) is 22.1. The molecule has 0 radical (unpaired) electrons. The Hall–Kier alpha value is -3.29. The second kappa shape index (κ2) is 11.0. The van der Waals surface area contributed by atoms with Gasteiger partial charge in [-0.3, -0.25) is 9.69 Å². The van der Waals surface area contributed by atoms with Crippen molar-refractivity contribution in [3.05, 3.63) is 107 Å². The van der Waals surface area contributed by atoms with Gasteiger partial charge in [0.15, 0.2) is 5.89 Å². The maximum atomic E-state index is 11.4. The van der Waals surface area contributed by atoms with Crippen molar-refractivity contribution in [3.8, 4) is 0 Å². The Morgan fingerprint density at radius 3 is 2.37 bits per heavy atom. The van der Waals surface area contributed by atoms with Crippen LogP contribution in [-0.4, -0.2) is 25.7 Å². The number of aliphatic carboxylic acids is 1. The zero-order valence-corrected chi connectivity index (χ0v) is 21.0. The maximum Gasteiger partial charge on any atom is 0.319 e. The van der Waals surface area contributed by atoms with Gasteiger partial charge in [-0.2, -0.15) is 0 Å². The first kappa shape index (κ1) is 24.8. The van der Waals surface area contributed by atoms with Crippen LogP contribution in [0.3, 0.4) is 0 Å². The highest BCUT2D eigenvalue weighted by atomic mass is 32.2. The molecule has 7 heteroatoms.